The summed E-state index contributed by atoms with van der Waals surface area (Å²) in [5.41, 5.74) is -0.484. The maximum absolute atomic E-state index is 14.4. The van der Waals surface area contributed by atoms with Gasteiger partial charge >= 0.3 is 0 Å². The molecule has 2 N–H and O–H groups in total. The molecule has 1 atom stereocenters. The zero-order valence-electron chi connectivity index (χ0n) is 15.8. The molecular formula is C21H16F2O5S2. The maximum atomic E-state index is 14.4. The Balaban J connectivity index is 2.20. The monoisotopic (exact) mass is 450 g/mol. The largest absolute Gasteiger partial charge is 0.507 e. The van der Waals surface area contributed by atoms with Gasteiger partial charge in [-0.2, -0.15) is 12.3 Å². The predicted molar refractivity (Wildman–Crippen MR) is 107 cm³/mol. The van der Waals surface area contributed by atoms with Crippen molar-refractivity contribution in [2.75, 3.05) is 0 Å². The molecule has 0 spiro atoms. The molecule has 9 heteroatoms. The Bertz CT molecular complexity index is 1290. The molecule has 3 aromatic rings. The first-order valence-corrected chi connectivity index (χ1v) is 10.9. The molecule has 156 valence electrons. The summed E-state index contributed by atoms with van der Waals surface area (Å²) in [7, 11) is -4.24. The summed E-state index contributed by atoms with van der Waals surface area (Å²) in [6, 6.07) is 10.8. The zero-order chi connectivity index (χ0) is 21.8. The van der Waals surface area contributed by atoms with Crippen molar-refractivity contribution in [1.82, 2.24) is 0 Å². The highest BCUT2D eigenvalue weighted by atomic mass is 32.2. The minimum absolute atomic E-state index is 0.0974. The van der Waals surface area contributed by atoms with Crippen LogP contribution in [-0.2, 0) is 19.9 Å². The number of hydrogen-bond donors (Lipinski definition) is 2. The Morgan fingerprint density at radius 1 is 0.933 bits per heavy atom. The second-order valence-electron chi connectivity index (χ2n) is 7.05. The summed E-state index contributed by atoms with van der Waals surface area (Å²) in [5.74, 6) is -1.87. The van der Waals surface area contributed by atoms with Gasteiger partial charge in [0.1, 0.15) is 10.6 Å². The number of aromatic hydroxyl groups is 2. The highest BCUT2D eigenvalue weighted by Crippen LogP contribution is 2.53. The molecule has 30 heavy (non-hydrogen) atoms. The summed E-state index contributed by atoms with van der Waals surface area (Å²) >= 11 is -0.207. The van der Waals surface area contributed by atoms with Crippen LogP contribution in [0.25, 0.3) is 0 Å². The summed E-state index contributed by atoms with van der Waals surface area (Å²) in [4.78, 5) is -0.239. The van der Waals surface area contributed by atoms with Gasteiger partial charge in [-0.3, -0.25) is 0 Å². The molecule has 1 unspecified atom stereocenters. The van der Waals surface area contributed by atoms with E-state index in [-0.39, 0.29) is 44.4 Å². The zero-order valence-corrected chi connectivity index (χ0v) is 17.4. The fourth-order valence-corrected chi connectivity index (χ4v) is 5.63. The Morgan fingerprint density at radius 2 is 1.53 bits per heavy atom. The van der Waals surface area contributed by atoms with Crippen molar-refractivity contribution < 1.29 is 31.1 Å². The van der Waals surface area contributed by atoms with E-state index in [1.54, 1.807) is 26.0 Å². The number of aryl methyl sites for hydroxylation is 2. The average molecular weight is 450 g/mol. The van der Waals surface area contributed by atoms with Gasteiger partial charge in [-0.15, -0.1) is 0 Å². The van der Waals surface area contributed by atoms with Crippen LogP contribution in [0, 0.1) is 19.7 Å². The molecule has 4 rings (SSSR count). The van der Waals surface area contributed by atoms with Crippen molar-refractivity contribution in [2.45, 2.75) is 29.2 Å². The molecular weight excluding hydrogens is 434 g/mol. The summed E-state index contributed by atoms with van der Waals surface area (Å²) in [5, 5.41) is 19.8. The van der Waals surface area contributed by atoms with E-state index in [1.165, 1.54) is 30.3 Å². The maximum Gasteiger partial charge on any atom is 0.298 e. The van der Waals surface area contributed by atoms with E-state index in [9.17, 15) is 26.9 Å². The third-order valence-electron chi connectivity index (χ3n) is 5.21. The SMILES string of the molecule is Cc1cc(O)c(F)cc1C1(c2cc(SF)c(O)cc2C)OS(=O)(=O)c2ccccc21. The van der Waals surface area contributed by atoms with Crippen molar-refractivity contribution in [2.24, 2.45) is 0 Å². The molecule has 0 aliphatic carbocycles. The van der Waals surface area contributed by atoms with Gasteiger partial charge < -0.3 is 10.2 Å². The van der Waals surface area contributed by atoms with Gasteiger partial charge in [0.25, 0.3) is 10.1 Å². The molecule has 1 aliphatic heterocycles. The van der Waals surface area contributed by atoms with Crippen LogP contribution in [0.5, 0.6) is 11.5 Å². The lowest BCUT2D eigenvalue weighted by Gasteiger charge is -2.32. The van der Waals surface area contributed by atoms with Gasteiger partial charge in [0.05, 0.1) is 17.0 Å². The molecule has 0 saturated carbocycles. The summed E-state index contributed by atoms with van der Waals surface area (Å²) in [6.45, 7) is 3.18. The van der Waals surface area contributed by atoms with Crippen LogP contribution in [0.1, 0.15) is 27.8 Å². The molecule has 1 aliphatic rings. The lowest BCUT2D eigenvalue weighted by Crippen LogP contribution is -2.31. The Labute approximate surface area is 176 Å². The van der Waals surface area contributed by atoms with E-state index in [0.717, 1.165) is 6.07 Å². The number of phenolic OH excluding ortho intramolecular Hbond substituents is 2. The lowest BCUT2D eigenvalue weighted by molar-refractivity contribution is 0.177. The van der Waals surface area contributed by atoms with Crippen LogP contribution < -0.4 is 0 Å². The van der Waals surface area contributed by atoms with Crippen LogP contribution in [0.4, 0.5) is 8.28 Å². The Kier molecular flexibility index (Phi) is 4.80. The minimum Gasteiger partial charge on any atom is -0.507 e. The molecule has 0 radical (unpaired) electrons. The van der Waals surface area contributed by atoms with Crippen LogP contribution in [0.15, 0.2) is 58.3 Å². The predicted octanol–water partition coefficient (Wildman–Crippen LogP) is 4.84. The molecule has 0 saturated heterocycles. The van der Waals surface area contributed by atoms with Gasteiger partial charge in [-0.1, -0.05) is 18.2 Å². The normalized spacial score (nSPS) is 19.6. The van der Waals surface area contributed by atoms with Crippen molar-refractivity contribution >= 4 is 22.3 Å². The third kappa shape index (κ3) is 2.88. The van der Waals surface area contributed by atoms with Gasteiger partial charge in [0, 0.05) is 11.1 Å². The highest BCUT2D eigenvalue weighted by Gasteiger charge is 2.52. The quantitative estimate of drug-likeness (QED) is 0.556. The van der Waals surface area contributed by atoms with Crippen molar-refractivity contribution in [1.29, 1.82) is 0 Å². The smallest absolute Gasteiger partial charge is 0.298 e. The number of halogens is 2. The molecule has 0 aromatic heterocycles. The fraction of sp³-hybridized carbons (Fsp3) is 0.143. The van der Waals surface area contributed by atoms with Gasteiger partial charge in [0.2, 0.25) is 0 Å². The van der Waals surface area contributed by atoms with Gasteiger partial charge in [0.15, 0.2) is 17.2 Å². The number of benzene rings is 3. The standard InChI is InChI=1S/C21H16F2O5S2/c1-11-7-17(24)16(22)9-14(11)21(15-10-19(29-23)18(25)8-12(15)2)13-5-3-4-6-20(13)30(26,27)28-21/h3-10,24-25H,1-2H3. The number of hydrogen-bond acceptors (Lipinski definition) is 6. The van der Waals surface area contributed by atoms with Crippen molar-refractivity contribution in [3.8, 4) is 11.5 Å². The fourth-order valence-electron chi connectivity index (χ4n) is 3.91. The average Bonchev–Trinajstić information content (AvgIpc) is 2.93. The van der Waals surface area contributed by atoms with E-state index in [0.29, 0.717) is 11.1 Å². The van der Waals surface area contributed by atoms with Crippen LogP contribution in [0.3, 0.4) is 0 Å². The first-order chi connectivity index (χ1) is 14.1. The number of rotatable bonds is 3. The van der Waals surface area contributed by atoms with Crippen molar-refractivity contribution in [3.63, 3.8) is 0 Å². The second-order valence-corrected chi connectivity index (χ2v) is 9.15. The van der Waals surface area contributed by atoms with E-state index >= 15 is 0 Å². The number of phenols is 2. The summed E-state index contributed by atoms with van der Waals surface area (Å²) < 4.78 is 59.4. The topological polar surface area (TPSA) is 83.8 Å². The summed E-state index contributed by atoms with van der Waals surface area (Å²) in [6.07, 6.45) is 0. The van der Waals surface area contributed by atoms with Gasteiger partial charge in [-0.05, 0) is 60.9 Å². The lowest BCUT2D eigenvalue weighted by atomic mass is 9.77. The first kappa shape index (κ1) is 20.6. The molecule has 5 nitrogen and oxygen atoms in total. The highest BCUT2D eigenvalue weighted by molar-refractivity contribution is 7.94. The Morgan fingerprint density at radius 3 is 2.20 bits per heavy atom. The van der Waals surface area contributed by atoms with Crippen molar-refractivity contribution in [3.05, 3.63) is 82.2 Å². The molecule has 1 heterocycles. The third-order valence-corrected chi connectivity index (χ3v) is 7.07. The van der Waals surface area contributed by atoms with E-state index in [2.05, 4.69) is 0 Å². The van der Waals surface area contributed by atoms with E-state index in [1.807, 2.05) is 0 Å². The van der Waals surface area contributed by atoms with Crippen LogP contribution >= 0.6 is 12.1 Å². The molecule has 0 amide bonds. The molecule has 3 aromatic carbocycles. The van der Waals surface area contributed by atoms with Gasteiger partial charge in [-0.25, -0.2) is 8.57 Å². The van der Waals surface area contributed by atoms with E-state index in [4.69, 9.17) is 4.18 Å². The Hall–Kier alpha value is -2.62. The van der Waals surface area contributed by atoms with E-state index < -0.39 is 27.3 Å². The minimum atomic E-state index is -4.24. The van der Waals surface area contributed by atoms with Crippen LogP contribution in [-0.4, -0.2) is 18.6 Å². The second kappa shape index (κ2) is 6.97. The van der Waals surface area contributed by atoms with Crippen LogP contribution in [0.2, 0.25) is 0 Å². The molecule has 0 bridgehead atoms. The first-order valence-electron chi connectivity index (χ1n) is 8.79. The molecule has 0 fully saturated rings. The number of fused-ring (bicyclic) bond motifs is 1.